The summed E-state index contributed by atoms with van der Waals surface area (Å²) in [7, 11) is 0. The number of carbonyl (C=O) groups is 1. The van der Waals surface area contributed by atoms with Gasteiger partial charge in [0.15, 0.2) is 0 Å². The van der Waals surface area contributed by atoms with Gasteiger partial charge in [-0.15, -0.1) is 0 Å². The van der Waals surface area contributed by atoms with Crippen LogP contribution in [-0.2, 0) is 11.2 Å². The van der Waals surface area contributed by atoms with Crippen molar-refractivity contribution in [2.24, 2.45) is 5.92 Å². The molecule has 1 aliphatic heterocycles. The number of aryl methyl sites for hydroxylation is 1. The molecule has 1 N–H and O–H groups in total. The number of hydrogen-bond acceptors (Lipinski definition) is 2. The van der Waals surface area contributed by atoms with Crippen LogP contribution in [0.25, 0.3) is 0 Å². The van der Waals surface area contributed by atoms with Crippen molar-refractivity contribution in [2.75, 3.05) is 6.61 Å². The van der Waals surface area contributed by atoms with Crippen LogP contribution in [0.3, 0.4) is 0 Å². The molecule has 0 aromatic heterocycles. The minimum absolute atomic E-state index is 0.159. The lowest BCUT2D eigenvalue weighted by molar-refractivity contribution is -0.143. The third-order valence-corrected chi connectivity index (χ3v) is 3.74. The fourth-order valence-electron chi connectivity index (χ4n) is 3.00. The van der Waals surface area contributed by atoms with Crippen LogP contribution in [0.4, 0.5) is 0 Å². The summed E-state index contributed by atoms with van der Waals surface area (Å²) < 4.78 is 5.61. The van der Waals surface area contributed by atoms with Gasteiger partial charge in [-0.2, -0.15) is 0 Å². The van der Waals surface area contributed by atoms with Gasteiger partial charge < -0.3 is 9.84 Å². The first-order valence-electron chi connectivity index (χ1n) is 5.75. The van der Waals surface area contributed by atoms with Gasteiger partial charge in [-0.3, -0.25) is 4.79 Å². The summed E-state index contributed by atoms with van der Waals surface area (Å²) in [6.07, 6.45) is 2.46. The number of ether oxygens (including phenoxy) is 1. The van der Waals surface area contributed by atoms with E-state index in [1.54, 1.807) is 0 Å². The van der Waals surface area contributed by atoms with Crippen molar-refractivity contribution in [2.45, 2.75) is 25.2 Å². The molecule has 0 radical (unpaired) electrons. The molecule has 3 nitrogen and oxygen atoms in total. The van der Waals surface area contributed by atoms with E-state index < -0.39 is 5.97 Å². The van der Waals surface area contributed by atoms with Crippen LogP contribution in [0.2, 0.25) is 0 Å². The lowest BCUT2D eigenvalue weighted by Crippen LogP contribution is -2.31. The minimum atomic E-state index is -0.660. The monoisotopic (exact) mass is 218 g/mol. The molecule has 16 heavy (non-hydrogen) atoms. The van der Waals surface area contributed by atoms with E-state index in [0.29, 0.717) is 6.61 Å². The third-order valence-electron chi connectivity index (χ3n) is 3.74. The average Bonchev–Trinajstić information content (AvgIpc) is 2.30. The van der Waals surface area contributed by atoms with Crippen LogP contribution in [0.15, 0.2) is 18.2 Å². The summed E-state index contributed by atoms with van der Waals surface area (Å²) in [5.41, 5.74) is 2.44. The van der Waals surface area contributed by atoms with Crippen LogP contribution in [0.5, 0.6) is 5.75 Å². The smallest absolute Gasteiger partial charge is 0.307 e. The lowest BCUT2D eigenvalue weighted by atomic mass is 9.72. The summed E-state index contributed by atoms with van der Waals surface area (Å²) >= 11 is 0. The normalized spacial score (nSPS) is 26.8. The van der Waals surface area contributed by atoms with Crippen molar-refractivity contribution >= 4 is 5.97 Å². The van der Waals surface area contributed by atoms with Gasteiger partial charge in [0, 0.05) is 11.5 Å². The van der Waals surface area contributed by atoms with Gasteiger partial charge in [0.05, 0.1) is 12.5 Å². The van der Waals surface area contributed by atoms with Crippen LogP contribution >= 0.6 is 0 Å². The highest BCUT2D eigenvalue weighted by Crippen LogP contribution is 2.45. The highest BCUT2D eigenvalue weighted by Gasteiger charge is 2.37. The number of carboxylic acid groups (broad SMARTS) is 1. The number of aliphatic carboxylic acids is 1. The summed E-state index contributed by atoms with van der Waals surface area (Å²) in [5.74, 6) is 0.177. The van der Waals surface area contributed by atoms with Gasteiger partial charge in [0.1, 0.15) is 5.75 Å². The maximum atomic E-state index is 11.2. The molecule has 1 aromatic rings. The van der Waals surface area contributed by atoms with E-state index in [2.05, 4.69) is 6.07 Å². The predicted molar refractivity (Wildman–Crippen MR) is 58.7 cm³/mol. The topological polar surface area (TPSA) is 46.5 Å². The Morgan fingerprint density at radius 2 is 2.25 bits per heavy atom. The second kappa shape index (κ2) is 3.51. The molecule has 0 fully saturated rings. The molecule has 84 valence electrons. The number of rotatable bonds is 1. The number of carboxylic acids is 1. The molecule has 3 heteroatoms. The summed E-state index contributed by atoms with van der Waals surface area (Å²) in [6.45, 7) is 0.644. The van der Waals surface area contributed by atoms with Gasteiger partial charge in [-0.1, -0.05) is 12.1 Å². The number of benzene rings is 1. The quantitative estimate of drug-likeness (QED) is 0.786. The predicted octanol–water partition coefficient (Wildman–Crippen LogP) is 2.20. The zero-order chi connectivity index (χ0) is 11.1. The third kappa shape index (κ3) is 1.31. The van der Waals surface area contributed by atoms with Gasteiger partial charge in [-0.05, 0) is 30.9 Å². The summed E-state index contributed by atoms with van der Waals surface area (Å²) in [4.78, 5) is 11.2. The fraction of sp³-hybridized carbons (Fsp3) is 0.462. The Balaban J connectivity index is 2.10. The average molecular weight is 218 g/mol. The molecule has 2 unspecified atom stereocenters. The maximum absolute atomic E-state index is 11.2. The molecular weight excluding hydrogens is 204 g/mol. The molecule has 0 saturated carbocycles. The lowest BCUT2D eigenvalue weighted by Gasteiger charge is -2.35. The van der Waals surface area contributed by atoms with Crippen molar-refractivity contribution in [1.82, 2.24) is 0 Å². The first-order chi connectivity index (χ1) is 7.77. The molecular formula is C13H14O3. The summed E-state index contributed by atoms with van der Waals surface area (Å²) in [5, 5.41) is 9.24. The molecule has 3 rings (SSSR count). The largest absolute Gasteiger partial charge is 0.493 e. The maximum Gasteiger partial charge on any atom is 0.307 e. The Morgan fingerprint density at radius 3 is 3.06 bits per heavy atom. The number of hydrogen-bond donors (Lipinski definition) is 1. The second-order valence-corrected chi connectivity index (χ2v) is 4.56. The van der Waals surface area contributed by atoms with E-state index in [0.717, 1.165) is 30.6 Å². The Morgan fingerprint density at radius 1 is 1.38 bits per heavy atom. The molecule has 0 bridgehead atoms. The minimum Gasteiger partial charge on any atom is -0.493 e. The highest BCUT2D eigenvalue weighted by atomic mass is 16.5. The van der Waals surface area contributed by atoms with E-state index in [1.807, 2.05) is 12.1 Å². The first kappa shape index (κ1) is 9.70. The van der Waals surface area contributed by atoms with Gasteiger partial charge in [-0.25, -0.2) is 0 Å². The SMILES string of the molecule is O=C(O)C1CCc2cccc3c2C1CCO3. The molecule has 1 aliphatic carbocycles. The Labute approximate surface area is 94.0 Å². The van der Waals surface area contributed by atoms with Gasteiger partial charge in [0.2, 0.25) is 0 Å². The molecule has 1 aromatic carbocycles. The molecule has 2 atom stereocenters. The Hall–Kier alpha value is -1.51. The van der Waals surface area contributed by atoms with Crippen LogP contribution in [-0.4, -0.2) is 17.7 Å². The summed E-state index contributed by atoms with van der Waals surface area (Å²) in [6, 6.07) is 6.05. The van der Waals surface area contributed by atoms with Crippen LogP contribution < -0.4 is 4.74 Å². The van der Waals surface area contributed by atoms with Crippen LogP contribution in [0.1, 0.15) is 29.9 Å². The van der Waals surface area contributed by atoms with E-state index in [9.17, 15) is 9.90 Å². The highest BCUT2D eigenvalue weighted by molar-refractivity contribution is 5.72. The Bertz CT molecular complexity index is 425. The van der Waals surface area contributed by atoms with Crippen molar-refractivity contribution in [3.63, 3.8) is 0 Å². The van der Waals surface area contributed by atoms with E-state index in [1.165, 1.54) is 5.56 Å². The van der Waals surface area contributed by atoms with Crippen molar-refractivity contribution in [3.8, 4) is 5.75 Å². The van der Waals surface area contributed by atoms with Gasteiger partial charge in [0.25, 0.3) is 0 Å². The molecule has 0 saturated heterocycles. The molecule has 0 amide bonds. The first-order valence-corrected chi connectivity index (χ1v) is 5.75. The van der Waals surface area contributed by atoms with Crippen molar-refractivity contribution in [3.05, 3.63) is 29.3 Å². The Kier molecular flexibility index (Phi) is 2.13. The van der Waals surface area contributed by atoms with Gasteiger partial charge >= 0.3 is 5.97 Å². The fourth-order valence-corrected chi connectivity index (χ4v) is 3.00. The molecule has 2 aliphatic rings. The van der Waals surface area contributed by atoms with Crippen LogP contribution in [0, 0.1) is 5.92 Å². The van der Waals surface area contributed by atoms with E-state index in [-0.39, 0.29) is 11.8 Å². The van der Waals surface area contributed by atoms with Crippen molar-refractivity contribution < 1.29 is 14.6 Å². The molecule has 1 heterocycles. The zero-order valence-electron chi connectivity index (χ0n) is 8.98. The van der Waals surface area contributed by atoms with E-state index in [4.69, 9.17) is 4.74 Å². The molecule has 0 spiro atoms. The standard InChI is InChI=1S/C13H14O3/c14-13(15)10-5-4-8-2-1-3-11-12(8)9(10)6-7-16-11/h1-3,9-10H,4-7H2,(H,14,15). The zero-order valence-corrected chi connectivity index (χ0v) is 8.98. The van der Waals surface area contributed by atoms with Crippen molar-refractivity contribution in [1.29, 1.82) is 0 Å². The second-order valence-electron chi connectivity index (χ2n) is 4.56. The van der Waals surface area contributed by atoms with E-state index >= 15 is 0 Å².